The summed E-state index contributed by atoms with van der Waals surface area (Å²) in [5.41, 5.74) is 6.36. The summed E-state index contributed by atoms with van der Waals surface area (Å²) < 4.78 is 0. The Morgan fingerprint density at radius 1 is 1.29 bits per heavy atom. The fourth-order valence-electron chi connectivity index (χ4n) is 1.83. The highest BCUT2D eigenvalue weighted by atomic mass is 35.5. The smallest absolute Gasteiger partial charge is 0.0669 e. The monoisotopic (exact) mass is 275 g/mol. The number of hydrogen-bond acceptors (Lipinski definition) is 2. The van der Waals surface area contributed by atoms with Gasteiger partial charge in [0.05, 0.1) is 6.10 Å². The van der Waals surface area contributed by atoms with Gasteiger partial charge in [-0.25, -0.2) is 0 Å². The Balaban J connectivity index is 3.10. The minimum absolute atomic E-state index is 0.181. The molecule has 0 amide bonds. The van der Waals surface area contributed by atoms with Crippen LogP contribution in [0.5, 0.6) is 0 Å². The van der Waals surface area contributed by atoms with Crippen molar-refractivity contribution in [3.05, 3.63) is 33.8 Å². The third-order valence-corrected chi connectivity index (χ3v) is 3.45. The molecule has 0 saturated carbocycles. The number of aliphatic hydroxyl groups excluding tert-OH is 1. The second kappa shape index (κ2) is 5.57. The summed E-state index contributed by atoms with van der Waals surface area (Å²) in [5, 5.41) is 11.5. The van der Waals surface area contributed by atoms with E-state index in [2.05, 4.69) is 0 Å². The molecule has 0 aliphatic heterocycles. The van der Waals surface area contributed by atoms with Gasteiger partial charge in [0.1, 0.15) is 0 Å². The van der Waals surface area contributed by atoms with E-state index in [1.165, 1.54) is 0 Å². The first-order valence-electron chi connectivity index (χ1n) is 5.60. The first kappa shape index (κ1) is 14.8. The maximum absolute atomic E-state index is 10.3. The van der Waals surface area contributed by atoms with Gasteiger partial charge in [-0.05, 0) is 23.1 Å². The summed E-state index contributed by atoms with van der Waals surface area (Å²) in [5.74, 6) is -0.181. The first-order chi connectivity index (χ1) is 7.77. The Kier molecular flexibility index (Phi) is 4.85. The molecule has 0 aliphatic rings. The molecular formula is C13H19Cl2NO. The summed E-state index contributed by atoms with van der Waals surface area (Å²) in [4.78, 5) is 0. The van der Waals surface area contributed by atoms with Gasteiger partial charge >= 0.3 is 0 Å². The summed E-state index contributed by atoms with van der Waals surface area (Å²) in [6.07, 6.45) is -0.550. The van der Waals surface area contributed by atoms with E-state index in [-0.39, 0.29) is 11.3 Å². The quantitative estimate of drug-likeness (QED) is 0.888. The molecule has 17 heavy (non-hydrogen) atoms. The molecule has 0 radical (unpaired) electrons. The zero-order valence-electron chi connectivity index (χ0n) is 10.4. The Bertz CT molecular complexity index is 387. The van der Waals surface area contributed by atoms with Crippen molar-refractivity contribution in [2.24, 2.45) is 11.1 Å². The Labute approximate surface area is 113 Å². The molecule has 1 aromatic carbocycles. The number of rotatable bonds is 3. The van der Waals surface area contributed by atoms with Crippen LogP contribution in [0.15, 0.2) is 18.2 Å². The molecule has 96 valence electrons. The van der Waals surface area contributed by atoms with Crippen LogP contribution in [0.25, 0.3) is 0 Å². The van der Waals surface area contributed by atoms with Gasteiger partial charge in [-0.2, -0.15) is 0 Å². The first-order valence-corrected chi connectivity index (χ1v) is 6.36. The molecule has 2 unspecified atom stereocenters. The second-order valence-electron chi connectivity index (χ2n) is 5.32. The van der Waals surface area contributed by atoms with E-state index >= 15 is 0 Å². The molecule has 1 aromatic rings. The van der Waals surface area contributed by atoms with Crippen molar-refractivity contribution in [3.63, 3.8) is 0 Å². The zero-order chi connectivity index (χ0) is 13.2. The number of hydrogen-bond donors (Lipinski definition) is 2. The van der Waals surface area contributed by atoms with Crippen molar-refractivity contribution in [2.45, 2.75) is 32.8 Å². The van der Waals surface area contributed by atoms with E-state index in [4.69, 9.17) is 28.9 Å². The molecule has 0 aromatic heterocycles. The van der Waals surface area contributed by atoms with Crippen LogP contribution in [0.2, 0.25) is 10.0 Å². The van der Waals surface area contributed by atoms with Crippen LogP contribution in [-0.2, 0) is 0 Å². The normalized spacial score (nSPS) is 15.7. The van der Waals surface area contributed by atoms with E-state index in [1.54, 1.807) is 12.1 Å². The molecule has 0 aliphatic carbocycles. The zero-order valence-corrected chi connectivity index (χ0v) is 11.9. The lowest BCUT2D eigenvalue weighted by Crippen LogP contribution is -2.36. The molecular weight excluding hydrogens is 257 g/mol. The molecule has 0 fully saturated rings. The highest BCUT2D eigenvalue weighted by Crippen LogP contribution is 2.35. The minimum atomic E-state index is -0.550. The van der Waals surface area contributed by atoms with Crippen LogP contribution < -0.4 is 5.73 Å². The Morgan fingerprint density at radius 2 is 1.88 bits per heavy atom. The van der Waals surface area contributed by atoms with Crippen LogP contribution in [0, 0.1) is 5.41 Å². The highest BCUT2D eigenvalue weighted by molar-refractivity contribution is 6.35. The van der Waals surface area contributed by atoms with Crippen molar-refractivity contribution in [3.8, 4) is 0 Å². The van der Waals surface area contributed by atoms with Crippen LogP contribution in [0.3, 0.4) is 0 Å². The molecule has 0 saturated heterocycles. The SMILES string of the molecule is CC(C)(C)C(O)C(CN)c1ccc(Cl)cc1Cl. The highest BCUT2D eigenvalue weighted by Gasteiger charge is 2.31. The van der Waals surface area contributed by atoms with Gasteiger partial charge in [0.25, 0.3) is 0 Å². The van der Waals surface area contributed by atoms with Gasteiger partial charge < -0.3 is 10.8 Å². The van der Waals surface area contributed by atoms with Crippen molar-refractivity contribution < 1.29 is 5.11 Å². The van der Waals surface area contributed by atoms with Crippen molar-refractivity contribution in [2.75, 3.05) is 6.54 Å². The third-order valence-electron chi connectivity index (χ3n) is 2.88. The summed E-state index contributed by atoms with van der Waals surface area (Å²) in [7, 11) is 0. The van der Waals surface area contributed by atoms with Gasteiger partial charge in [-0.15, -0.1) is 0 Å². The number of nitrogens with two attached hydrogens (primary N) is 1. The largest absolute Gasteiger partial charge is 0.392 e. The molecule has 2 nitrogen and oxygen atoms in total. The summed E-state index contributed by atoms with van der Waals surface area (Å²) >= 11 is 12.0. The summed E-state index contributed by atoms with van der Waals surface area (Å²) in [6, 6.07) is 5.27. The van der Waals surface area contributed by atoms with E-state index in [0.717, 1.165) is 5.56 Å². The van der Waals surface area contributed by atoms with Gasteiger partial charge in [0.2, 0.25) is 0 Å². The predicted molar refractivity (Wildman–Crippen MR) is 73.7 cm³/mol. The minimum Gasteiger partial charge on any atom is -0.392 e. The number of halogens is 2. The lowest BCUT2D eigenvalue weighted by molar-refractivity contribution is 0.0408. The second-order valence-corrected chi connectivity index (χ2v) is 6.16. The maximum Gasteiger partial charge on any atom is 0.0669 e. The van der Waals surface area contributed by atoms with E-state index in [0.29, 0.717) is 16.6 Å². The van der Waals surface area contributed by atoms with Gasteiger partial charge in [0, 0.05) is 22.5 Å². The summed E-state index contributed by atoms with van der Waals surface area (Å²) in [6.45, 7) is 6.28. The maximum atomic E-state index is 10.3. The lowest BCUT2D eigenvalue weighted by Gasteiger charge is -2.33. The van der Waals surface area contributed by atoms with Crippen LogP contribution in [0.1, 0.15) is 32.3 Å². The van der Waals surface area contributed by atoms with Gasteiger partial charge in [-0.3, -0.25) is 0 Å². The van der Waals surface area contributed by atoms with Crippen LogP contribution in [-0.4, -0.2) is 17.8 Å². The average Bonchev–Trinajstić information content (AvgIpc) is 2.20. The lowest BCUT2D eigenvalue weighted by atomic mass is 9.78. The van der Waals surface area contributed by atoms with Crippen molar-refractivity contribution in [1.29, 1.82) is 0 Å². The molecule has 1 rings (SSSR count). The molecule has 0 spiro atoms. The van der Waals surface area contributed by atoms with Crippen LogP contribution in [0.4, 0.5) is 0 Å². The van der Waals surface area contributed by atoms with Crippen molar-refractivity contribution >= 4 is 23.2 Å². The average molecular weight is 276 g/mol. The van der Waals surface area contributed by atoms with Gasteiger partial charge in [0.15, 0.2) is 0 Å². The fraction of sp³-hybridized carbons (Fsp3) is 0.538. The van der Waals surface area contributed by atoms with Crippen molar-refractivity contribution in [1.82, 2.24) is 0 Å². The standard InChI is InChI=1S/C13H19Cl2NO/c1-13(2,3)12(17)10(7-16)9-5-4-8(14)6-11(9)15/h4-6,10,12,17H,7,16H2,1-3H3. The predicted octanol–water partition coefficient (Wildman–Crippen LogP) is 3.44. The van der Waals surface area contributed by atoms with Crippen LogP contribution >= 0.6 is 23.2 Å². The van der Waals surface area contributed by atoms with Gasteiger partial charge in [-0.1, -0.05) is 50.0 Å². The molecule has 2 atom stereocenters. The molecule has 4 heteroatoms. The third kappa shape index (κ3) is 3.59. The van der Waals surface area contributed by atoms with E-state index in [1.807, 2.05) is 26.8 Å². The fourth-order valence-corrected chi connectivity index (χ4v) is 2.38. The Hall–Kier alpha value is -0.280. The van der Waals surface area contributed by atoms with E-state index in [9.17, 15) is 5.11 Å². The van der Waals surface area contributed by atoms with E-state index < -0.39 is 6.10 Å². The number of benzene rings is 1. The molecule has 0 heterocycles. The topological polar surface area (TPSA) is 46.2 Å². The Morgan fingerprint density at radius 3 is 2.29 bits per heavy atom. The molecule has 3 N–H and O–H groups in total. The number of aliphatic hydroxyl groups is 1. The molecule has 0 bridgehead atoms.